The highest BCUT2D eigenvalue weighted by Crippen LogP contribution is 2.12. The Labute approximate surface area is 147 Å². The minimum absolute atomic E-state index is 0.0928. The maximum Gasteiger partial charge on any atom is 0.307 e. The van der Waals surface area contributed by atoms with Crippen molar-refractivity contribution in [3.05, 3.63) is 59.9 Å². The van der Waals surface area contributed by atoms with Gasteiger partial charge in [-0.1, -0.05) is 23.8 Å². The molecule has 6 heteroatoms. The van der Waals surface area contributed by atoms with Gasteiger partial charge in [-0.05, 0) is 30.7 Å². The first-order chi connectivity index (χ1) is 12.1. The van der Waals surface area contributed by atoms with Crippen LogP contribution in [0, 0.1) is 6.92 Å². The van der Waals surface area contributed by atoms with Gasteiger partial charge in [0.25, 0.3) is 5.91 Å². The Morgan fingerprint density at radius 1 is 1.16 bits per heavy atom. The van der Waals surface area contributed by atoms with E-state index in [1.54, 1.807) is 23.4 Å². The first-order valence-corrected chi connectivity index (χ1v) is 8.01. The Kier molecular flexibility index (Phi) is 6.95. The summed E-state index contributed by atoms with van der Waals surface area (Å²) in [6.45, 7) is 2.51. The Balaban J connectivity index is 1.97. The lowest BCUT2D eigenvalue weighted by atomic mass is 10.2. The van der Waals surface area contributed by atoms with Crippen LogP contribution < -0.4 is 4.74 Å². The van der Waals surface area contributed by atoms with Crippen LogP contribution in [0.3, 0.4) is 0 Å². The van der Waals surface area contributed by atoms with Crippen LogP contribution in [0.1, 0.15) is 17.5 Å². The lowest BCUT2D eigenvalue weighted by Gasteiger charge is -2.22. The van der Waals surface area contributed by atoms with Crippen molar-refractivity contribution < 1.29 is 19.1 Å². The van der Waals surface area contributed by atoms with E-state index >= 15 is 0 Å². The third-order valence-corrected chi connectivity index (χ3v) is 3.65. The SMILES string of the molecule is COC(=O)CCN(Cc1cccnc1)C(=O)COc1ccc(C)cc1. The summed E-state index contributed by atoms with van der Waals surface area (Å²) in [4.78, 5) is 29.5. The number of ether oxygens (including phenoxy) is 2. The molecule has 0 saturated carbocycles. The van der Waals surface area contributed by atoms with Crippen LogP contribution in [-0.4, -0.2) is 42.0 Å². The van der Waals surface area contributed by atoms with E-state index in [-0.39, 0.29) is 31.4 Å². The van der Waals surface area contributed by atoms with E-state index in [9.17, 15) is 9.59 Å². The van der Waals surface area contributed by atoms with E-state index < -0.39 is 0 Å². The number of methoxy groups -OCH3 is 1. The lowest BCUT2D eigenvalue weighted by molar-refractivity contribution is -0.142. The van der Waals surface area contributed by atoms with Crippen molar-refractivity contribution in [2.24, 2.45) is 0 Å². The number of benzene rings is 1. The standard InChI is InChI=1S/C19H22N2O4/c1-15-5-7-17(8-6-15)25-14-18(22)21(11-9-19(23)24-2)13-16-4-3-10-20-12-16/h3-8,10,12H,9,11,13-14H2,1-2H3. The van der Waals surface area contributed by atoms with E-state index in [0.29, 0.717) is 12.3 Å². The van der Waals surface area contributed by atoms with Crippen molar-refractivity contribution in [2.75, 3.05) is 20.3 Å². The topological polar surface area (TPSA) is 68.7 Å². The highest BCUT2D eigenvalue weighted by molar-refractivity contribution is 5.78. The molecule has 0 bridgehead atoms. The van der Waals surface area contributed by atoms with Gasteiger partial charge in [-0.2, -0.15) is 0 Å². The third-order valence-electron chi connectivity index (χ3n) is 3.65. The van der Waals surface area contributed by atoms with Crippen molar-refractivity contribution in [2.45, 2.75) is 19.9 Å². The molecule has 0 radical (unpaired) electrons. The summed E-state index contributed by atoms with van der Waals surface area (Å²) in [5, 5.41) is 0. The van der Waals surface area contributed by atoms with Crippen LogP contribution in [-0.2, 0) is 20.9 Å². The van der Waals surface area contributed by atoms with Gasteiger partial charge in [-0.25, -0.2) is 0 Å². The van der Waals surface area contributed by atoms with Crippen LogP contribution in [0.25, 0.3) is 0 Å². The van der Waals surface area contributed by atoms with Crippen molar-refractivity contribution in [3.8, 4) is 5.75 Å². The predicted molar refractivity (Wildman–Crippen MR) is 93.0 cm³/mol. The normalized spacial score (nSPS) is 10.2. The number of hydrogen-bond donors (Lipinski definition) is 0. The molecule has 0 N–H and O–H groups in total. The number of carbonyl (C=O) groups excluding carboxylic acids is 2. The quantitative estimate of drug-likeness (QED) is 0.689. The molecule has 1 aromatic heterocycles. The molecular weight excluding hydrogens is 320 g/mol. The van der Waals surface area contributed by atoms with Gasteiger partial charge in [-0.15, -0.1) is 0 Å². The summed E-state index contributed by atoms with van der Waals surface area (Å²) in [5.41, 5.74) is 2.01. The van der Waals surface area contributed by atoms with E-state index in [2.05, 4.69) is 9.72 Å². The number of esters is 1. The van der Waals surface area contributed by atoms with Gasteiger partial charge in [0.1, 0.15) is 5.75 Å². The second kappa shape index (κ2) is 9.42. The molecule has 1 heterocycles. The Bertz CT molecular complexity index is 686. The van der Waals surface area contributed by atoms with Crippen molar-refractivity contribution >= 4 is 11.9 Å². The Hall–Kier alpha value is -2.89. The predicted octanol–water partition coefficient (Wildman–Crippen LogP) is 2.36. The molecule has 1 aromatic carbocycles. The number of amides is 1. The van der Waals surface area contributed by atoms with Gasteiger partial charge in [0, 0.05) is 25.5 Å². The van der Waals surface area contributed by atoms with Gasteiger partial charge in [-0.3, -0.25) is 14.6 Å². The van der Waals surface area contributed by atoms with Gasteiger partial charge in [0.15, 0.2) is 6.61 Å². The highest BCUT2D eigenvalue weighted by atomic mass is 16.5. The van der Waals surface area contributed by atoms with Crippen LogP contribution in [0.5, 0.6) is 5.75 Å². The summed E-state index contributed by atoms with van der Waals surface area (Å²) >= 11 is 0. The van der Waals surface area contributed by atoms with Gasteiger partial charge in [0.2, 0.25) is 0 Å². The molecule has 0 unspecified atom stereocenters. The van der Waals surface area contributed by atoms with Crippen LogP contribution >= 0.6 is 0 Å². The first-order valence-electron chi connectivity index (χ1n) is 8.01. The molecule has 0 aliphatic carbocycles. The number of aryl methyl sites for hydroxylation is 1. The molecule has 1 amide bonds. The molecule has 0 fully saturated rings. The fraction of sp³-hybridized carbons (Fsp3) is 0.316. The molecule has 132 valence electrons. The fourth-order valence-corrected chi connectivity index (χ4v) is 2.20. The molecule has 6 nitrogen and oxygen atoms in total. The van der Waals surface area contributed by atoms with Gasteiger partial charge >= 0.3 is 5.97 Å². The largest absolute Gasteiger partial charge is 0.484 e. The van der Waals surface area contributed by atoms with Crippen LogP contribution in [0.4, 0.5) is 0 Å². The zero-order chi connectivity index (χ0) is 18.1. The third kappa shape index (κ3) is 6.25. The molecule has 0 atom stereocenters. The zero-order valence-electron chi connectivity index (χ0n) is 14.5. The molecule has 2 aromatic rings. The molecule has 0 spiro atoms. The first kappa shape index (κ1) is 18.4. The summed E-state index contributed by atoms with van der Waals surface area (Å²) < 4.78 is 10.2. The molecule has 0 aliphatic heterocycles. The summed E-state index contributed by atoms with van der Waals surface area (Å²) in [7, 11) is 1.33. The second-order valence-electron chi connectivity index (χ2n) is 5.60. The molecule has 0 saturated heterocycles. The number of nitrogens with zero attached hydrogens (tertiary/aromatic N) is 2. The average molecular weight is 342 g/mol. The smallest absolute Gasteiger partial charge is 0.307 e. The van der Waals surface area contributed by atoms with Crippen molar-refractivity contribution in [1.82, 2.24) is 9.88 Å². The number of carbonyl (C=O) groups is 2. The van der Waals surface area contributed by atoms with E-state index in [0.717, 1.165) is 11.1 Å². The zero-order valence-corrected chi connectivity index (χ0v) is 14.5. The number of rotatable bonds is 8. The maximum atomic E-state index is 12.5. The van der Waals surface area contributed by atoms with Crippen molar-refractivity contribution in [3.63, 3.8) is 0 Å². The van der Waals surface area contributed by atoms with Crippen LogP contribution in [0.2, 0.25) is 0 Å². The maximum absolute atomic E-state index is 12.5. The molecular formula is C19H22N2O4. The van der Waals surface area contributed by atoms with E-state index in [1.165, 1.54) is 7.11 Å². The number of pyridine rings is 1. The fourth-order valence-electron chi connectivity index (χ4n) is 2.20. The highest BCUT2D eigenvalue weighted by Gasteiger charge is 2.16. The minimum atomic E-state index is -0.358. The molecule has 2 rings (SSSR count). The monoisotopic (exact) mass is 342 g/mol. The molecule has 25 heavy (non-hydrogen) atoms. The Morgan fingerprint density at radius 3 is 2.56 bits per heavy atom. The molecule has 0 aliphatic rings. The van der Waals surface area contributed by atoms with Crippen LogP contribution in [0.15, 0.2) is 48.8 Å². The van der Waals surface area contributed by atoms with Gasteiger partial charge < -0.3 is 14.4 Å². The van der Waals surface area contributed by atoms with E-state index in [1.807, 2.05) is 37.3 Å². The summed E-state index contributed by atoms with van der Waals surface area (Å²) in [6, 6.07) is 11.2. The lowest BCUT2D eigenvalue weighted by Crippen LogP contribution is -2.36. The second-order valence-corrected chi connectivity index (χ2v) is 5.60. The Morgan fingerprint density at radius 2 is 1.92 bits per heavy atom. The van der Waals surface area contributed by atoms with Gasteiger partial charge in [0.05, 0.1) is 13.5 Å². The number of hydrogen-bond acceptors (Lipinski definition) is 5. The average Bonchev–Trinajstić information content (AvgIpc) is 2.64. The summed E-state index contributed by atoms with van der Waals surface area (Å²) in [6.07, 6.45) is 3.50. The number of aromatic nitrogens is 1. The van der Waals surface area contributed by atoms with Crippen molar-refractivity contribution in [1.29, 1.82) is 0 Å². The van der Waals surface area contributed by atoms with E-state index in [4.69, 9.17) is 4.74 Å². The minimum Gasteiger partial charge on any atom is -0.484 e. The summed E-state index contributed by atoms with van der Waals surface area (Å²) in [5.74, 6) is 0.0741.